The lowest BCUT2D eigenvalue weighted by Gasteiger charge is -2.15. The molecule has 27 heavy (non-hydrogen) atoms. The number of allylic oxidation sites excluding steroid dienone is 1. The molecule has 0 fully saturated rings. The summed E-state index contributed by atoms with van der Waals surface area (Å²) < 4.78 is 20.9. The third-order valence-electron chi connectivity index (χ3n) is 3.85. The van der Waals surface area contributed by atoms with Crippen LogP contribution in [-0.2, 0) is 0 Å². The van der Waals surface area contributed by atoms with E-state index in [-0.39, 0.29) is 34.1 Å². The largest absolute Gasteiger partial charge is 0.497 e. The molecule has 2 aromatic rings. The van der Waals surface area contributed by atoms with Crippen molar-refractivity contribution in [2.75, 3.05) is 28.4 Å². The van der Waals surface area contributed by atoms with Crippen molar-refractivity contribution >= 4 is 17.3 Å². The summed E-state index contributed by atoms with van der Waals surface area (Å²) in [6.07, 6.45) is 1.39. The second-order valence-electron chi connectivity index (χ2n) is 5.23. The number of nitrogens with zero attached hydrogens (tertiary/aromatic N) is 2. The summed E-state index contributed by atoms with van der Waals surface area (Å²) in [5.74, 6) is 1.08. The van der Waals surface area contributed by atoms with Crippen LogP contribution in [0.15, 0.2) is 30.3 Å². The smallest absolute Gasteiger partial charge is 0.284 e. The Bertz CT molecular complexity index is 913. The first kappa shape index (κ1) is 19.6. The molecule has 0 aliphatic rings. The molecule has 0 aromatic heterocycles. The van der Waals surface area contributed by atoms with Crippen LogP contribution in [0.5, 0.6) is 23.0 Å². The molecule has 8 nitrogen and oxygen atoms in total. The summed E-state index contributed by atoms with van der Waals surface area (Å²) in [5, 5.41) is 21.1. The number of hydrogen-bond donors (Lipinski definition) is 0. The van der Waals surface area contributed by atoms with Crippen molar-refractivity contribution in [1.29, 1.82) is 5.26 Å². The molecule has 0 bridgehead atoms. The Kier molecular flexibility index (Phi) is 6.23. The first-order valence-electron chi connectivity index (χ1n) is 7.74. The standard InChI is InChI=1S/C19H18N2O6/c1-24-14-7-5-12(6-8-14)13(11-20)9-15-16(21(22)23)10-17(25-2)19(27-4)18(15)26-3/h5-10H,1-4H3/b13-9+. The van der Waals surface area contributed by atoms with E-state index in [0.717, 1.165) is 0 Å². The zero-order valence-electron chi connectivity index (χ0n) is 15.3. The molecule has 0 spiro atoms. The third-order valence-corrected chi connectivity index (χ3v) is 3.85. The minimum absolute atomic E-state index is 0.102. The van der Waals surface area contributed by atoms with Crippen molar-refractivity contribution in [3.8, 4) is 29.1 Å². The summed E-state index contributed by atoms with van der Waals surface area (Å²) >= 11 is 0. The van der Waals surface area contributed by atoms with Crippen molar-refractivity contribution in [1.82, 2.24) is 0 Å². The predicted octanol–water partition coefficient (Wildman–Crippen LogP) is 3.69. The van der Waals surface area contributed by atoms with E-state index in [1.807, 2.05) is 0 Å². The number of rotatable bonds is 7. The summed E-state index contributed by atoms with van der Waals surface area (Å²) in [4.78, 5) is 11.0. The molecule has 140 valence electrons. The van der Waals surface area contributed by atoms with E-state index < -0.39 is 4.92 Å². The van der Waals surface area contributed by atoms with Crippen LogP contribution in [0, 0.1) is 21.4 Å². The molecule has 0 saturated heterocycles. The van der Waals surface area contributed by atoms with Crippen LogP contribution in [0.1, 0.15) is 11.1 Å². The highest BCUT2D eigenvalue weighted by atomic mass is 16.6. The SMILES string of the molecule is COc1ccc(/C(C#N)=C/c2c([N+](=O)[O-])cc(OC)c(OC)c2OC)cc1. The van der Waals surface area contributed by atoms with E-state index in [9.17, 15) is 15.4 Å². The number of nitro benzene ring substituents is 1. The fraction of sp³-hybridized carbons (Fsp3) is 0.211. The summed E-state index contributed by atoms with van der Waals surface area (Å²) in [6.45, 7) is 0. The fourth-order valence-electron chi connectivity index (χ4n) is 2.55. The van der Waals surface area contributed by atoms with Gasteiger partial charge in [-0.05, 0) is 35.9 Å². The molecule has 8 heteroatoms. The maximum Gasteiger partial charge on any atom is 0.284 e. The van der Waals surface area contributed by atoms with E-state index in [0.29, 0.717) is 11.3 Å². The average Bonchev–Trinajstić information content (AvgIpc) is 2.70. The fourth-order valence-corrected chi connectivity index (χ4v) is 2.55. The molecule has 0 saturated carbocycles. The average molecular weight is 370 g/mol. The van der Waals surface area contributed by atoms with Gasteiger partial charge in [0.2, 0.25) is 5.75 Å². The molecule has 0 N–H and O–H groups in total. The summed E-state index contributed by atoms with van der Waals surface area (Å²) in [5.41, 5.74) is 0.619. The lowest BCUT2D eigenvalue weighted by atomic mass is 10.0. The lowest BCUT2D eigenvalue weighted by Crippen LogP contribution is -2.01. The van der Waals surface area contributed by atoms with Crippen molar-refractivity contribution in [3.63, 3.8) is 0 Å². The first-order chi connectivity index (χ1) is 13.0. The molecule has 0 atom stereocenters. The van der Waals surface area contributed by atoms with Crippen LogP contribution >= 0.6 is 0 Å². The predicted molar refractivity (Wildman–Crippen MR) is 99.2 cm³/mol. The van der Waals surface area contributed by atoms with Crippen LogP contribution in [-0.4, -0.2) is 33.4 Å². The van der Waals surface area contributed by atoms with Gasteiger partial charge >= 0.3 is 0 Å². The van der Waals surface area contributed by atoms with E-state index in [1.54, 1.807) is 24.3 Å². The van der Waals surface area contributed by atoms with Gasteiger partial charge in [-0.25, -0.2) is 0 Å². The van der Waals surface area contributed by atoms with Crippen molar-refractivity contribution in [3.05, 3.63) is 51.6 Å². The quantitative estimate of drug-likeness (QED) is 0.317. The number of nitro groups is 1. The Balaban J connectivity index is 2.75. The van der Waals surface area contributed by atoms with Crippen molar-refractivity contribution < 1.29 is 23.9 Å². The molecular formula is C19H18N2O6. The minimum atomic E-state index is -0.570. The highest BCUT2D eigenvalue weighted by molar-refractivity contribution is 5.93. The summed E-state index contributed by atoms with van der Waals surface area (Å²) in [7, 11) is 5.66. The molecule has 0 aliphatic carbocycles. The number of methoxy groups -OCH3 is 4. The van der Waals surface area contributed by atoms with Gasteiger partial charge in [-0.1, -0.05) is 0 Å². The molecule has 0 radical (unpaired) electrons. The second-order valence-corrected chi connectivity index (χ2v) is 5.23. The summed E-state index contributed by atoms with van der Waals surface area (Å²) in [6, 6.07) is 10.1. The zero-order valence-corrected chi connectivity index (χ0v) is 15.3. The number of benzene rings is 2. The molecule has 0 unspecified atom stereocenters. The number of nitriles is 1. The van der Waals surface area contributed by atoms with Crippen LogP contribution in [0.25, 0.3) is 11.6 Å². The zero-order chi connectivity index (χ0) is 20.0. The van der Waals surface area contributed by atoms with Gasteiger partial charge in [0.05, 0.1) is 56.6 Å². The Labute approximate surface area is 156 Å². The third kappa shape index (κ3) is 3.93. The lowest BCUT2D eigenvalue weighted by molar-refractivity contribution is -0.385. The van der Waals surface area contributed by atoms with Gasteiger partial charge in [-0.15, -0.1) is 0 Å². The Morgan fingerprint density at radius 3 is 2.11 bits per heavy atom. The van der Waals surface area contributed by atoms with E-state index in [2.05, 4.69) is 6.07 Å². The Morgan fingerprint density at radius 2 is 1.67 bits per heavy atom. The molecular weight excluding hydrogens is 352 g/mol. The van der Waals surface area contributed by atoms with Crippen LogP contribution in [0.2, 0.25) is 0 Å². The van der Waals surface area contributed by atoms with Crippen molar-refractivity contribution in [2.45, 2.75) is 0 Å². The highest BCUT2D eigenvalue weighted by Crippen LogP contribution is 2.46. The maximum absolute atomic E-state index is 11.6. The Morgan fingerprint density at radius 1 is 1.04 bits per heavy atom. The van der Waals surface area contributed by atoms with E-state index in [1.165, 1.54) is 40.6 Å². The Hall–Kier alpha value is -3.73. The van der Waals surface area contributed by atoms with E-state index in [4.69, 9.17) is 18.9 Å². The monoisotopic (exact) mass is 370 g/mol. The number of ether oxygens (including phenoxy) is 4. The van der Waals surface area contributed by atoms with Gasteiger partial charge in [0, 0.05) is 0 Å². The number of hydrogen-bond acceptors (Lipinski definition) is 7. The van der Waals surface area contributed by atoms with Crippen molar-refractivity contribution in [2.24, 2.45) is 0 Å². The molecule has 0 aliphatic heterocycles. The molecule has 0 amide bonds. The molecule has 2 rings (SSSR count). The van der Waals surface area contributed by atoms with Gasteiger partial charge in [0.15, 0.2) is 11.5 Å². The van der Waals surface area contributed by atoms with Gasteiger partial charge in [0.25, 0.3) is 5.69 Å². The minimum Gasteiger partial charge on any atom is -0.497 e. The van der Waals surface area contributed by atoms with Crippen LogP contribution in [0.3, 0.4) is 0 Å². The maximum atomic E-state index is 11.6. The first-order valence-corrected chi connectivity index (χ1v) is 7.74. The van der Waals surface area contributed by atoms with Gasteiger partial charge < -0.3 is 18.9 Å². The topological polar surface area (TPSA) is 104 Å². The van der Waals surface area contributed by atoms with Gasteiger partial charge in [-0.2, -0.15) is 5.26 Å². The van der Waals surface area contributed by atoms with Gasteiger partial charge in [0.1, 0.15) is 5.75 Å². The second kappa shape index (κ2) is 8.58. The normalized spacial score (nSPS) is 10.7. The van der Waals surface area contributed by atoms with E-state index >= 15 is 0 Å². The highest BCUT2D eigenvalue weighted by Gasteiger charge is 2.26. The van der Waals surface area contributed by atoms with Crippen LogP contribution in [0.4, 0.5) is 5.69 Å². The van der Waals surface area contributed by atoms with Gasteiger partial charge in [-0.3, -0.25) is 10.1 Å². The molecule has 2 aromatic carbocycles. The molecule has 0 heterocycles. The van der Waals surface area contributed by atoms with Crippen LogP contribution < -0.4 is 18.9 Å².